The number of hydrogen-bond donors (Lipinski definition) is 11. The van der Waals surface area contributed by atoms with Crippen LogP contribution >= 0.6 is 0 Å². The number of aliphatic hydroxyl groups is 5. The van der Waals surface area contributed by atoms with Gasteiger partial charge in [0.1, 0.15) is 170 Å². The lowest BCUT2D eigenvalue weighted by Gasteiger charge is -2.43. The average Bonchev–Trinajstić information content (AvgIpc) is 1.76. The summed E-state index contributed by atoms with van der Waals surface area (Å²) in [4.78, 5) is 15.9. The third-order valence-electron chi connectivity index (χ3n) is 25.3. The number of nitriles is 3. The van der Waals surface area contributed by atoms with E-state index in [1.807, 2.05) is 105 Å². The highest BCUT2D eigenvalue weighted by atomic mass is 32.2. The second kappa shape index (κ2) is 41.3. The quantitative estimate of drug-likeness (QED) is 0.0147. The van der Waals surface area contributed by atoms with Crippen molar-refractivity contribution in [2.45, 2.75) is 266 Å². The number of anilines is 4. The van der Waals surface area contributed by atoms with Crippen molar-refractivity contribution in [3.63, 3.8) is 0 Å². The first-order valence-corrected chi connectivity index (χ1v) is 50.3. The van der Waals surface area contributed by atoms with Crippen LogP contribution in [0.1, 0.15) is 168 Å². The SMILES string of the molecule is CC1(C)O[C@@H]2[C@@H](CO[Si](c3ccccc3)(c3ccccc3)C(C)(C)C)OC(C(C#N)=CO)[C@@H]2O1.CC1(C)O[C@@H]2[C@H](O1)[C@@H](CO)O[C@H]2c1coc2c(N)ncnc12.CC1(C)O[C@@H]2[C@H](O1)[C@@H](CO[Si](c1ccccc1)(c1ccccc1)C(C)(C)C)O[C@H]2c1coc(C#N)c1N.CC[C@H]1O[C@@H](c2coc(C#N)c2N)[C@@H]2OC(C)(C)O[C@@H]21.CO.Nc1ncnc2c([C@@H]3O[C@H](CNS(=O)(=O)O)[C@@H](O)[C@H]3O)coc12. The van der Waals surface area contributed by atoms with Gasteiger partial charge in [-0.1, -0.05) is 170 Å². The van der Waals surface area contributed by atoms with E-state index in [9.17, 15) is 39.4 Å². The van der Waals surface area contributed by atoms with E-state index in [4.69, 9.17) is 126 Å². The number of nitrogen functional groups attached to an aromatic ring is 4. The molecule has 15 N–H and O–H groups in total. The number of nitrogens with one attached hydrogen (secondary N) is 1. The van der Waals surface area contributed by atoms with Crippen molar-refractivity contribution >= 4 is 92.9 Å². The van der Waals surface area contributed by atoms with Crippen molar-refractivity contribution in [2.75, 3.05) is 56.4 Å². The smallest absolute Gasteiger partial charge is 0.333 e. The number of nitrogens with zero attached hydrogens (tertiary/aromatic N) is 7. The maximum absolute atomic E-state index is 10.7. The molecule has 0 saturated carbocycles. The molecule has 15 heterocycles. The first-order valence-electron chi connectivity index (χ1n) is 45.0. The van der Waals surface area contributed by atoms with Crippen LogP contribution in [-0.4, -0.2) is 229 Å². The molecule has 0 amide bonds. The summed E-state index contributed by atoms with van der Waals surface area (Å²) < 4.78 is 146. The lowest BCUT2D eigenvalue weighted by molar-refractivity contribution is -0.191. The highest BCUT2D eigenvalue weighted by Gasteiger charge is 2.63. The van der Waals surface area contributed by atoms with Gasteiger partial charge in [0.15, 0.2) is 46.0 Å². The number of ether oxygens (including phenoxy) is 13. The maximum atomic E-state index is 10.7. The van der Waals surface area contributed by atoms with Crippen LogP contribution in [0.15, 0.2) is 189 Å². The van der Waals surface area contributed by atoms with E-state index in [1.54, 1.807) is 11.0 Å². The molecule has 0 aliphatic carbocycles. The zero-order valence-electron chi connectivity index (χ0n) is 79.3. The van der Waals surface area contributed by atoms with E-state index < -0.39 is 136 Å². The third-order valence-corrected chi connectivity index (χ3v) is 35.9. The number of rotatable bonds is 20. The summed E-state index contributed by atoms with van der Waals surface area (Å²) >= 11 is 0. The molecule has 138 heavy (non-hydrogen) atoms. The highest BCUT2D eigenvalue weighted by molar-refractivity contribution is 7.83. The molecule has 0 spiro atoms. The molecule has 9 aliphatic heterocycles. The van der Waals surface area contributed by atoms with Crippen LogP contribution < -0.4 is 48.4 Å². The molecule has 19 rings (SSSR count). The number of fused-ring (bicyclic) bond motifs is 6. The Morgan fingerprint density at radius 2 is 0.804 bits per heavy atom. The van der Waals surface area contributed by atoms with E-state index >= 15 is 0 Å². The average molecular weight is 1960 g/mol. The second-order valence-corrected chi connectivity index (χ2v) is 48.0. The minimum absolute atomic E-state index is 0.0494. The Kier molecular flexibility index (Phi) is 30.9. The Balaban J connectivity index is 0.000000140. The fourth-order valence-corrected chi connectivity index (χ4v) is 29.0. The zero-order chi connectivity index (χ0) is 99.7. The molecule has 6 aromatic heterocycles. The molecule has 9 saturated heterocycles. The Morgan fingerprint density at radius 3 is 1.17 bits per heavy atom. The van der Waals surface area contributed by atoms with Gasteiger partial charge in [-0.15, -0.1) is 0 Å². The molecule has 740 valence electrons. The number of hydrogen-bond acceptors (Lipinski definition) is 37. The van der Waals surface area contributed by atoms with Gasteiger partial charge in [0.05, 0.1) is 61.7 Å². The molecule has 0 radical (unpaired) electrons. The summed E-state index contributed by atoms with van der Waals surface area (Å²) in [5, 5.41) is 78.4. The largest absolute Gasteiger partial charge is 0.514 e. The van der Waals surface area contributed by atoms with Crippen molar-refractivity contribution in [3.05, 3.63) is 205 Å². The van der Waals surface area contributed by atoms with E-state index in [1.165, 1.54) is 52.2 Å². The maximum Gasteiger partial charge on any atom is 0.333 e. The van der Waals surface area contributed by atoms with E-state index in [0.717, 1.165) is 25.4 Å². The van der Waals surface area contributed by atoms with Crippen molar-refractivity contribution in [3.8, 4) is 18.2 Å². The molecule has 10 aromatic rings. The second-order valence-electron chi connectivity index (χ2n) is 38.1. The first-order chi connectivity index (χ1) is 65.4. The molecular weight excluding hydrogens is 1840 g/mol. The summed E-state index contributed by atoms with van der Waals surface area (Å²) in [5.41, 5.74) is 28.2. The molecule has 4 aromatic carbocycles. The summed E-state index contributed by atoms with van der Waals surface area (Å²) in [6, 6.07) is 47.7. The molecule has 20 atom stereocenters. The van der Waals surface area contributed by atoms with Gasteiger partial charge in [-0.3, -0.25) is 4.55 Å². The number of furan rings is 4. The topological polar surface area (TPSA) is 586 Å². The Hall–Kier alpha value is -10.6. The Bertz CT molecular complexity index is 6040. The molecule has 9 fully saturated rings. The van der Waals surface area contributed by atoms with Crippen molar-refractivity contribution in [1.29, 1.82) is 15.8 Å². The Labute approximate surface area is 800 Å². The summed E-state index contributed by atoms with van der Waals surface area (Å²) in [6.07, 6.45) is -0.971. The minimum atomic E-state index is -4.44. The summed E-state index contributed by atoms with van der Waals surface area (Å²) in [7, 11) is -8.98. The molecular formula is C96H120N12O27SSi2. The summed E-state index contributed by atoms with van der Waals surface area (Å²) in [5.74, 6) is -2.40. The van der Waals surface area contributed by atoms with Gasteiger partial charge in [0.2, 0.25) is 11.5 Å². The van der Waals surface area contributed by atoms with Crippen LogP contribution in [0.4, 0.5) is 23.0 Å². The lowest BCUT2D eigenvalue weighted by Crippen LogP contribution is -2.67. The van der Waals surface area contributed by atoms with Crippen LogP contribution in [-0.2, 0) is 80.7 Å². The van der Waals surface area contributed by atoms with Crippen LogP contribution in [0, 0.1) is 34.0 Å². The minimum Gasteiger partial charge on any atom is -0.514 e. The van der Waals surface area contributed by atoms with Crippen molar-refractivity contribution in [2.24, 2.45) is 0 Å². The number of nitrogens with two attached hydrogens (primary N) is 4. The third kappa shape index (κ3) is 20.8. The summed E-state index contributed by atoms with van der Waals surface area (Å²) in [6.45, 7) is 30.4. The van der Waals surface area contributed by atoms with Gasteiger partial charge < -0.3 is 137 Å². The van der Waals surface area contributed by atoms with Gasteiger partial charge >= 0.3 is 10.3 Å². The zero-order valence-corrected chi connectivity index (χ0v) is 82.1. The standard InChI is InChI=1S/C29H34N2O5Si.C27H33NO5Si.C14H17N3O5.C14H18N2O4.C11H14N4O7S.CH4O/c1-28(2,3)37(19-12-8-6-9-13-19,20-14-10-7-11-15-20)33-18-23-26-27(36-29(4,5)35-26)25(34-23)21-17-32-22(16-30)24(21)31;1-26(2,3)34(20-12-8-6-9-13-20,21-14-10-7-11-15-21)30-18-22-24-25(33-27(4,5)32-24)23(31-22)19(16-28)17-29;1-14(2)21-10-7(3-18)20-9(12(10)22-14)6-4-19-11-8(6)16-5-17-13(11)15;1-4-8-12-13(20-14(2,3)19-12)11(18-8)7-6-17-9(5-15)10(7)16;12-11-10-6(13-3-14-11)4(2-21-10)9-8(17)7(16)5(22-9)1-15-23(18,19)20;1-2/h6-15,17,23,25-27H,18,31H2,1-5H3;6-15,17,22-25,29H,18H2,1-5H3;4-5,7,9-10,12,18H,3H2,1-2H3,(H2,15,16,17);6,8,11-13H,4,16H2,1-3H3;2-3,5,7-9,15-17H,1H2,(H2,12,13,14)(H,18,19,20);2H,1H3/t23-,25+,26-,27+;22-,23?,24-,25+;7-,9+,10-,12+;8-,11+,12-,13+;5-,7-,8-,9+;/m11111./s1. The van der Waals surface area contributed by atoms with Crippen molar-refractivity contribution in [1.82, 2.24) is 24.7 Å². The lowest BCUT2D eigenvalue weighted by atomic mass is 10.0. The predicted octanol–water partition coefficient (Wildman–Crippen LogP) is 8.91. The Morgan fingerprint density at radius 1 is 0.471 bits per heavy atom. The first kappa shape index (κ1) is 103. The normalized spacial score (nSPS) is 28.5. The van der Waals surface area contributed by atoms with Gasteiger partial charge in [0, 0.05) is 35.9 Å². The van der Waals surface area contributed by atoms with Gasteiger partial charge in [0.25, 0.3) is 16.6 Å². The van der Waals surface area contributed by atoms with Crippen LogP contribution in [0.3, 0.4) is 0 Å². The van der Waals surface area contributed by atoms with Crippen LogP contribution in [0.25, 0.3) is 22.2 Å². The van der Waals surface area contributed by atoms with E-state index in [-0.39, 0.29) is 106 Å². The van der Waals surface area contributed by atoms with E-state index in [2.05, 4.69) is 159 Å². The molecule has 9 aliphatic rings. The van der Waals surface area contributed by atoms with Crippen LogP contribution in [0.2, 0.25) is 10.1 Å². The fourth-order valence-electron chi connectivity index (χ4n) is 19.5. The fraction of sp³-hybridized carbons (Fsp3) is 0.490. The molecule has 0 bridgehead atoms. The number of aromatic nitrogens is 4. The van der Waals surface area contributed by atoms with Gasteiger partial charge in [-0.25, -0.2) is 19.9 Å². The monoisotopic (exact) mass is 1960 g/mol. The highest BCUT2D eigenvalue weighted by Crippen LogP contribution is 2.53. The van der Waals surface area contributed by atoms with Crippen molar-refractivity contribution < 1.29 is 127 Å². The molecule has 42 heteroatoms. The van der Waals surface area contributed by atoms with Gasteiger partial charge in [-0.2, -0.15) is 28.9 Å². The van der Waals surface area contributed by atoms with Crippen LogP contribution in [0.5, 0.6) is 0 Å². The number of aliphatic hydroxyl groups excluding tert-OH is 5. The molecule has 1 unspecified atom stereocenters. The number of benzene rings is 4. The van der Waals surface area contributed by atoms with E-state index in [0.29, 0.717) is 45.6 Å². The molecule has 39 nitrogen and oxygen atoms in total. The predicted molar refractivity (Wildman–Crippen MR) is 503 cm³/mol. The van der Waals surface area contributed by atoms with Gasteiger partial charge in [-0.05, 0) is 92.6 Å².